The molecule has 0 saturated heterocycles. The van der Waals surface area contributed by atoms with Crippen molar-refractivity contribution in [2.75, 3.05) is 21.3 Å². The molecular formula is C9H12N2O7. The Morgan fingerprint density at radius 2 is 1.61 bits per heavy atom. The van der Waals surface area contributed by atoms with E-state index in [-0.39, 0.29) is 11.5 Å². The van der Waals surface area contributed by atoms with Gasteiger partial charge in [0.1, 0.15) is 0 Å². The van der Waals surface area contributed by atoms with Gasteiger partial charge in [-0.05, 0) is 0 Å². The van der Waals surface area contributed by atoms with Crippen LogP contribution in [0.3, 0.4) is 0 Å². The summed E-state index contributed by atoms with van der Waals surface area (Å²) in [5.41, 5.74) is -0.932. The molecule has 1 N–H and O–H groups in total. The summed E-state index contributed by atoms with van der Waals surface area (Å²) in [7, 11) is 3.46. The van der Waals surface area contributed by atoms with Crippen molar-refractivity contribution in [2.45, 2.75) is 0 Å². The van der Waals surface area contributed by atoms with Gasteiger partial charge in [-0.2, -0.15) is 0 Å². The van der Waals surface area contributed by atoms with Crippen LogP contribution in [-0.4, -0.2) is 36.3 Å². The summed E-state index contributed by atoms with van der Waals surface area (Å²) in [6.07, 6.45) is 0. The molecule has 9 nitrogen and oxygen atoms in total. The van der Waals surface area contributed by atoms with Crippen molar-refractivity contribution in [3.63, 3.8) is 0 Å². The van der Waals surface area contributed by atoms with E-state index in [0.717, 1.165) is 19.2 Å². The SMILES string of the molecule is CO.COc1cc([N+](=O)[O-])cc([N+](=O)[O-])c1OC. The number of rotatable bonds is 4. The van der Waals surface area contributed by atoms with Gasteiger partial charge >= 0.3 is 5.69 Å². The van der Waals surface area contributed by atoms with E-state index in [4.69, 9.17) is 14.6 Å². The van der Waals surface area contributed by atoms with Crippen LogP contribution >= 0.6 is 0 Å². The van der Waals surface area contributed by atoms with Crippen molar-refractivity contribution in [3.8, 4) is 11.5 Å². The molecule has 0 saturated carbocycles. The molecule has 0 unspecified atom stereocenters. The third-order valence-electron chi connectivity index (χ3n) is 1.85. The Balaban J connectivity index is 0.00000137. The van der Waals surface area contributed by atoms with Gasteiger partial charge < -0.3 is 14.6 Å². The normalized spacial score (nSPS) is 8.89. The molecule has 0 aliphatic carbocycles. The number of non-ortho nitro benzene ring substituents is 1. The van der Waals surface area contributed by atoms with Gasteiger partial charge in [-0.1, -0.05) is 0 Å². The first-order valence-corrected chi connectivity index (χ1v) is 4.50. The van der Waals surface area contributed by atoms with E-state index in [2.05, 4.69) is 0 Å². The zero-order valence-electron chi connectivity index (χ0n) is 9.95. The molecule has 0 aromatic heterocycles. The molecule has 1 aromatic rings. The molecule has 100 valence electrons. The maximum Gasteiger partial charge on any atom is 0.321 e. The highest BCUT2D eigenvalue weighted by molar-refractivity contribution is 5.62. The fraction of sp³-hybridized carbons (Fsp3) is 0.333. The number of ether oxygens (including phenoxy) is 2. The quantitative estimate of drug-likeness (QED) is 0.635. The minimum Gasteiger partial charge on any atom is -0.492 e. The number of methoxy groups -OCH3 is 2. The maximum atomic E-state index is 10.7. The highest BCUT2D eigenvalue weighted by Gasteiger charge is 2.25. The van der Waals surface area contributed by atoms with Crippen molar-refractivity contribution in [2.24, 2.45) is 0 Å². The Hall–Kier alpha value is -2.42. The number of hydrogen-bond acceptors (Lipinski definition) is 7. The lowest BCUT2D eigenvalue weighted by molar-refractivity contribution is -0.394. The molecule has 0 aliphatic rings. The number of nitro benzene ring substituents is 2. The van der Waals surface area contributed by atoms with Crippen molar-refractivity contribution < 1.29 is 24.4 Å². The van der Waals surface area contributed by atoms with Crippen molar-refractivity contribution in [1.82, 2.24) is 0 Å². The van der Waals surface area contributed by atoms with Gasteiger partial charge in [-0.3, -0.25) is 20.2 Å². The molecule has 0 heterocycles. The Morgan fingerprint density at radius 3 is 1.94 bits per heavy atom. The van der Waals surface area contributed by atoms with Crippen LogP contribution in [-0.2, 0) is 0 Å². The highest BCUT2D eigenvalue weighted by Crippen LogP contribution is 2.40. The largest absolute Gasteiger partial charge is 0.492 e. The number of hydrogen-bond donors (Lipinski definition) is 1. The molecule has 0 atom stereocenters. The summed E-state index contributed by atoms with van der Waals surface area (Å²) >= 11 is 0. The first-order chi connectivity index (χ1) is 8.51. The predicted octanol–water partition coefficient (Wildman–Crippen LogP) is 1.13. The van der Waals surface area contributed by atoms with Gasteiger partial charge in [0.05, 0.1) is 36.2 Å². The minimum atomic E-state index is -0.769. The van der Waals surface area contributed by atoms with E-state index < -0.39 is 21.2 Å². The second kappa shape index (κ2) is 7.01. The van der Waals surface area contributed by atoms with Crippen LogP contribution < -0.4 is 9.47 Å². The summed E-state index contributed by atoms with van der Waals surface area (Å²) in [6.45, 7) is 0. The average Bonchev–Trinajstić information content (AvgIpc) is 2.38. The van der Waals surface area contributed by atoms with Crippen molar-refractivity contribution in [1.29, 1.82) is 0 Å². The van der Waals surface area contributed by atoms with Crippen LogP contribution in [0.5, 0.6) is 11.5 Å². The molecule has 0 amide bonds. The Bertz CT molecular complexity index is 447. The summed E-state index contributed by atoms with van der Waals surface area (Å²) in [4.78, 5) is 19.7. The van der Waals surface area contributed by atoms with E-state index in [1.54, 1.807) is 0 Å². The van der Waals surface area contributed by atoms with Crippen molar-refractivity contribution in [3.05, 3.63) is 32.4 Å². The topological polar surface area (TPSA) is 125 Å². The standard InChI is InChI=1S/C8H8N2O6.CH4O/c1-15-7-4-5(9(11)12)3-6(10(13)14)8(7)16-2;1-2/h3-4H,1-2H3;2H,1H3. The molecule has 0 radical (unpaired) electrons. The van der Waals surface area contributed by atoms with Crippen molar-refractivity contribution >= 4 is 11.4 Å². The van der Waals surface area contributed by atoms with E-state index in [9.17, 15) is 20.2 Å². The fourth-order valence-corrected chi connectivity index (χ4v) is 1.17. The van der Waals surface area contributed by atoms with E-state index in [1.165, 1.54) is 14.2 Å². The predicted molar refractivity (Wildman–Crippen MR) is 61.0 cm³/mol. The molecule has 1 rings (SSSR count). The Kier molecular flexibility index (Phi) is 6.07. The zero-order valence-corrected chi connectivity index (χ0v) is 9.95. The smallest absolute Gasteiger partial charge is 0.321 e. The Labute approximate surface area is 102 Å². The third-order valence-corrected chi connectivity index (χ3v) is 1.85. The van der Waals surface area contributed by atoms with E-state index in [1.807, 2.05) is 0 Å². The van der Waals surface area contributed by atoms with Crippen LogP contribution in [0.1, 0.15) is 0 Å². The fourth-order valence-electron chi connectivity index (χ4n) is 1.17. The Morgan fingerprint density at radius 1 is 1.06 bits per heavy atom. The first kappa shape index (κ1) is 15.6. The summed E-state index contributed by atoms with van der Waals surface area (Å²) in [5, 5.41) is 28.2. The van der Waals surface area contributed by atoms with Crippen LogP contribution in [0.25, 0.3) is 0 Å². The first-order valence-electron chi connectivity index (χ1n) is 4.50. The molecule has 0 fully saturated rings. The third kappa shape index (κ3) is 3.28. The number of nitrogens with zero attached hydrogens (tertiary/aromatic N) is 2. The second-order valence-electron chi connectivity index (χ2n) is 2.71. The second-order valence-corrected chi connectivity index (χ2v) is 2.71. The van der Waals surface area contributed by atoms with Gasteiger partial charge in [0.2, 0.25) is 5.75 Å². The summed E-state index contributed by atoms with van der Waals surface area (Å²) in [5.74, 6) is -0.193. The number of aliphatic hydroxyl groups excluding tert-OH is 1. The van der Waals surface area contributed by atoms with Crippen LogP contribution in [0.4, 0.5) is 11.4 Å². The molecule has 18 heavy (non-hydrogen) atoms. The number of nitro groups is 2. The lowest BCUT2D eigenvalue weighted by atomic mass is 10.2. The average molecular weight is 260 g/mol. The number of benzene rings is 1. The molecule has 1 aromatic carbocycles. The molecule has 0 spiro atoms. The van der Waals surface area contributed by atoms with Gasteiger partial charge in [0.25, 0.3) is 5.69 Å². The van der Waals surface area contributed by atoms with E-state index in [0.29, 0.717) is 0 Å². The molecule has 0 bridgehead atoms. The van der Waals surface area contributed by atoms with Crippen LogP contribution in [0, 0.1) is 20.2 Å². The molecule has 9 heteroatoms. The lowest BCUT2D eigenvalue weighted by Crippen LogP contribution is -1.99. The van der Waals surface area contributed by atoms with E-state index >= 15 is 0 Å². The summed E-state index contributed by atoms with van der Waals surface area (Å²) < 4.78 is 9.56. The van der Waals surface area contributed by atoms with Gasteiger partial charge in [0, 0.05) is 7.11 Å². The van der Waals surface area contributed by atoms with Gasteiger partial charge in [-0.25, -0.2) is 0 Å². The summed E-state index contributed by atoms with van der Waals surface area (Å²) in [6, 6.07) is 1.88. The van der Waals surface area contributed by atoms with Gasteiger partial charge in [-0.15, -0.1) is 0 Å². The minimum absolute atomic E-state index is 0.0524. The molecular weight excluding hydrogens is 248 g/mol. The lowest BCUT2D eigenvalue weighted by Gasteiger charge is -2.06. The maximum absolute atomic E-state index is 10.7. The molecule has 0 aliphatic heterocycles. The van der Waals surface area contributed by atoms with Crippen LogP contribution in [0.2, 0.25) is 0 Å². The monoisotopic (exact) mass is 260 g/mol. The number of aliphatic hydroxyl groups is 1. The van der Waals surface area contributed by atoms with Crippen LogP contribution in [0.15, 0.2) is 12.1 Å². The van der Waals surface area contributed by atoms with Gasteiger partial charge in [0.15, 0.2) is 5.75 Å². The zero-order chi connectivity index (χ0) is 14.3. The highest BCUT2D eigenvalue weighted by atomic mass is 16.6.